The molecule has 0 spiro atoms. The van der Waals surface area contributed by atoms with Gasteiger partial charge in [-0.25, -0.2) is 18.0 Å². The van der Waals surface area contributed by atoms with Crippen LogP contribution in [0, 0.1) is 12.3 Å². The molecule has 11 nitrogen and oxygen atoms in total. The number of sulfonamides is 1. The van der Waals surface area contributed by atoms with Crippen molar-refractivity contribution >= 4 is 43.8 Å². The Morgan fingerprint density at radius 2 is 2.05 bits per heavy atom. The Hall–Kier alpha value is -3.66. The van der Waals surface area contributed by atoms with Crippen LogP contribution >= 0.6 is 0 Å². The first-order chi connectivity index (χ1) is 17.3. The maximum absolute atomic E-state index is 14.0. The van der Waals surface area contributed by atoms with Gasteiger partial charge in [0.25, 0.3) is 5.56 Å². The lowest BCUT2D eigenvalue weighted by Gasteiger charge is -2.30. The zero-order valence-electron chi connectivity index (χ0n) is 20.6. The topological polar surface area (TPSA) is 162 Å². The van der Waals surface area contributed by atoms with E-state index in [-0.39, 0.29) is 44.9 Å². The number of benzene rings is 1. The van der Waals surface area contributed by atoms with Crippen LogP contribution in [0.2, 0.25) is 0 Å². The molecule has 1 unspecified atom stereocenters. The average Bonchev–Trinajstić information content (AvgIpc) is 3.48. The molecule has 1 aromatic carbocycles. The number of fused-ring (bicyclic) bond motifs is 3. The third kappa shape index (κ3) is 5.11. The Bertz CT molecular complexity index is 1590. The second-order valence-electron chi connectivity index (χ2n) is 9.89. The molecule has 3 heterocycles. The minimum Gasteiger partial charge on any atom is -0.478 e. The van der Waals surface area contributed by atoms with E-state index >= 15 is 0 Å². The van der Waals surface area contributed by atoms with Gasteiger partial charge in [-0.05, 0) is 58.4 Å². The largest absolute Gasteiger partial charge is 0.478 e. The number of pyridine rings is 1. The zero-order chi connectivity index (χ0) is 27.1. The van der Waals surface area contributed by atoms with Crippen molar-refractivity contribution < 1.29 is 27.9 Å². The summed E-state index contributed by atoms with van der Waals surface area (Å²) in [7, 11) is -4.39. The number of nitrogens with zero attached hydrogens (tertiary/aromatic N) is 1. The molecule has 1 aliphatic rings. The summed E-state index contributed by atoms with van der Waals surface area (Å²) in [6.45, 7) is 5.60. The molecule has 37 heavy (non-hydrogen) atoms. The fourth-order valence-corrected chi connectivity index (χ4v) is 6.05. The highest BCUT2D eigenvalue weighted by Gasteiger charge is 2.39. The first kappa shape index (κ1) is 26.4. The summed E-state index contributed by atoms with van der Waals surface area (Å²) in [4.78, 5) is 42.3. The molecule has 0 saturated carbocycles. The number of carbonyl (C=O) groups is 2. The molecule has 12 heteroatoms. The number of aromatic carboxylic acids is 1. The van der Waals surface area contributed by atoms with Crippen molar-refractivity contribution in [2.45, 2.75) is 56.2 Å². The Balaban J connectivity index is 1.88. The smallest absolute Gasteiger partial charge is 0.337 e. The molecule has 196 valence electrons. The number of carboxylic acids is 1. The number of H-pyrrole nitrogens is 2. The lowest BCUT2D eigenvalue weighted by molar-refractivity contribution is -0.157. The minimum absolute atomic E-state index is 0.00159. The van der Waals surface area contributed by atoms with E-state index in [2.05, 4.69) is 21.2 Å². The lowest BCUT2D eigenvalue weighted by atomic mass is 10.1. The van der Waals surface area contributed by atoms with Crippen LogP contribution in [0.5, 0.6) is 0 Å². The number of esters is 1. The van der Waals surface area contributed by atoms with E-state index in [1.54, 1.807) is 20.8 Å². The maximum atomic E-state index is 14.0. The summed E-state index contributed by atoms with van der Waals surface area (Å²) in [5.41, 5.74) is -1.36. The second kappa shape index (κ2) is 9.66. The number of carbonyl (C=O) groups excluding carboxylic acids is 1. The Morgan fingerprint density at radius 1 is 1.32 bits per heavy atom. The van der Waals surface area contributed by atoms with Gasteiger partial charge in [-0.15, -0.1) is 6.42 Å². The molecule has 1 fully saturated rings. The van der Waals surface area contributed by atoms with Crippen molar-refractivity contribution in [3.05, 3.63) is 40.3 Å². The maximum Gasteiger partial charge on any atom is 0.337 e. The summed E-state index contributed by atoms with van der Waals surface area (Å²) >= 11 is 0. The van der Waals surface area contributed by atoms with Crippen LogP contribution in [0.1, 0.15) is 44.0 Å². The predicted molar refractivity (Wildman–Crippen MR) is 137 cm³/mol. The molecule has 2 aromatic heterocycles. The molecule has 1 aliphatic heterocycles. The Labute approximate surface area is 213 Å². The number of carboxylic acid groups (broad SMARTS) is 1. The molecule has 2 atom stereocenters. The quantitative estimate of drug-likeness (QED) is 0.267. The summed E-state index contributed by atoms with van der Waals surface area (Å²) in [6, 6.07) is 2.19. The van der Waals surface area contributed by atoms with Crippen molar-refractivity contribution in [3.8, 4) is 12.3 Å². The zero-order valence-corrected chi connectivity index (χ0v) is 21.4. The molecular weight excluding hydrogens is 500 g/mol. The Kier molecular flexibility index (Phi) is 6.89. The van der Waals surface area contributed by atoms with Gasteiger partial charge in [0.05, 0.1) is 10.5 Å². The van der Waals surface area contributed by atoms with Gasteiger partial charge in [0.1, 0.15) is 11.1 Å². The number of nitrogens with one attached hydrogen (secondary N) is 3. The number of terminal acetylenes is 1. The highest BCUT2D eigenvalue weighted by Crippen LogP contribution is 2.29. The second-order valence-corrected chi connectivity index (χ2v) is 11.8. The van der Waals surface area contributed by atoms with E-state index in [4.69, 9.17) is 11.2 Å². The number of aromatic amines is 2. The molecule has 1 saturated heterocycles. The predicted octanol–water partition coefficient (Wildman–Crippen LogP) is 1.79. The minimum atomic E-state index is -4.39. The van der Waals surface area contributed by atoms with Crippen LogP contribution in [0.3, 0.4) is 0 Å². The van der Waals surface area contributed by atoms with Gasteiger partial charge in [0.15, 0.2) is 6.04 Å². The summed E-state index contributed by atoms with van der Waals surface area (Å²) in [6.07, 6.45) is 8.40. The fraction of sp³-hybridized carbons (Fsp3) is 0.400. The van der Waals surface area contributed by atoms with E-state index in [9.17, 15) is 27.9 Å². The van der Waals surface area contributed by atoms with Crippen molar-refractivity contribution in [1.29, 1.82) is 0 Å². The first-order valence-corrected chi connectivity index (χ1v) is 13.1. The van der Waals surface area contributed by atoms with E-state index in [0.29, 0.717) is 13.0 Å². The highest BCUT2D eigenvalue weighted by molar-refractivity contribution is 7.89. The number of hydrogen-bond acceptors (Lipinski definition) is 7. The van der Waals surface area contributed by atoms with Crippen molar-refractivity contribution in [2.24, 2.45) is 0 Å². The Morgan fingerprint density at radius 3 is 2.65 bits per heavy atom. The number of aromatic nitrogens is 2. The standard InChI is InChI=1S/C25H28N4O7S/c1-5-19(24(33)36-25(2,3)4)29(13-14-7-6-10-26-14)37(34,35)15-8-9-18-16(11-15)20-17(23(31)32)12-27-21(20)22(30)28-18/h1,8-9,11-12,14,19,26-27H,6-7,10,13H2,2-4H3,(H,28,30)(H,31,32)/t14-,19?/m0/s1. The van der Waals surface area contributed by atoms with Crippen molar-refractivity contribution in [1.82, 2.24) is 19.6 Å². The summed E-state index contributed by atoms with van der Waals surface area (Å²) in [5, 5.41) is 13.1. The first-order valence-electron chi connectivity index (χ1n) is 11.7. The third-order valence-electron chi connectivity index (χ3n) is 6.09. The van der Waals surface area contributed by atoms with Gasteiger partial charge in [0.2, 0.25) is 10.0 Å². The molecule has 0 amide bonds. The van der Waals surface area contributed by atoms with Crippen LogP contribution in [0.25, 0.3) is 21.8 Å². The van der Waals surface area contributed by atoms with Crippen LogP contribution in [0.4, 0.5) is 0 Å². The van der Waals surface area contributed by atoms with Gasteiger partial charge in [-0.2, -0.15) is 4.31 Å². The van der Waals surface area contributed by atoms with Crippen LogP contribution in [-0.2, 0) is 19.6 Å². The van der Waals surface area contributed by atoms with Crippen LogP contribution in [-0.4, -0.2) is 70.5 Å². The highest BCUT2D eigenvalue weighted by atomic mass is 32.2. The summed E-state index contributed by atoms with van der Waals surface area (Å²) in [5.74, 6) is 0.130. The van der Waals surface area contributed by atoms with Gasteiger partial charge in [0, 0.05) is 35.1 Å². The van der Waals surface area contributed by atoms with E-state index in [1.807, 2.05) is 0 Å². The van der Waals surface area contributed by atoms with Crippen LogP contribution in [0.15, 0.2) is 34.1 Å². The molecule has 3 aromatic rings. The van der Waals surface area contributed by atoms with Crippen LogP contribution < -0.4 is 10.9 Å². The van der Waals surface area contributed by atoms with E-state index in [1.165, 1.54) is 24.4 Å². The average molecular weight is 529 g/mol. The van der Waals surface area contributed by atoms with Crippen molar-refractivity contribution in [3.63, 3.8) is 0 Å². The lowest BCUT2D eigenvalue weighted by Crippen LogP contribution is -2.50. The normalized spacial score (nSPS) is 17.2. The molecule has 4 rings (SSSR count). The van der Waals surface area contributed by atoms with E-state index in [0.717, 1.165) is 10.7 Å². The fourth-order valence-electron chi connectivity index (χ4n) is 4.47. The third-order valence-corrected chi connectivity index (χ3v) is 7.92. The van der Waals surface area contributed by atoms with E-state index < -0.39 is 39.2 Å². The van der Waals surface area contributed by atoms with Gasteiger partial charge < -0.3 is 25.1 Å². The van der Waals surface area contributed by atoms with Crippen molar-refractivity contribution in [2.75, 3.05) is 13.1 Å². The number of ether oxygens (including phenoxy) is 1. The van der Waals surface area contributed by atoms with Gasteiger partial charge in [-0.1, -0.05) is 5.92 Å². The summed E-state index contributed by atoms with van der Waals surface area (Å²) < 4.78 is 34.4. The molecule has 4 N–H and O–H groups in total. The molecule has 0 bridgehead atoms. The van der Waals surface area contributed by atoms with Gasteiger partial charge >= 0.3 is 11.9 Å². The SMILES string of the molecule is C#CC(C(=O)OC(C)(C)C)N(C[C@@H]1CCCN1)S(=O)(=O)c1ccc2[nH]c(=O)c3[nH]cc(C(=O)O)c3c2c1. The molecular formula is C25H28N4O7S. The van der Waals surface area contributed by atoms with Gasteiger partial charge in [-0.3, -0.25) is 4.79 Å². The monoisotopic (exact) mass is 528 g/mol. The number of hydrogen-bond donors (Lipinski definition) is 4. The molecule has 0 radical (unpaired) electrons. The number of rotatable bonds is 7. The molecule has 0 aliphatic carbocycles.